The van der Waals surface area contributed by atoms with Gasteiger partial charge in [-0.1, -0.05) is 0 Å². The highest BCUT2D eigenvalue weighted by Crippen LogP contribution is 2.15. The van der Waals surface area contributed by atoms with Gasteiger partial charge in [-0.25, -0.2) is 4.31 Å². The standard InChI is InChI=1S/C4H14N2OS/c1-5-8(3)6(2)4-7/h5,7-8H,4H2,1-3H3. The topological polar surface area (TPSA) is 35.5 Å². The van der Waals surface area contributed by atoms with Crippen molar-refractivity contribution in [1.29, 1.82) is 0 Å². The van der Waals surface area contributed by atoms with Gasteiger partial charge in [-0.05, 0) is 20.4 Å². The molecule has 0 aliphatic carbocycles. The number of aliphatic hydroxyl groups is 1. The van der Waals surface area contributed by atoms with Gasteiger partial charge >= 0.3 is 0 Å². The van der Waals surface area contributed by atoms with Crippen LogP contribution in [-0.4, -0.2) is 36.5 Å². The fraction of sp³-hybridized carbons (Fsp3) is 1.00. The number of rotatable bonds is 3. The molecule has 1 atom stereocenters. The summed E-state index contributed by atoms with van der Waals surface area (Å²) in [5.74, 6) is 0. The monoisotopic (exact) mass is 138 g/mol. The Morgan fingerprint density at radius 2 is 2.25 bits per heavy atom. The first kappa shape index (κ1) is 8.23. The number of thiol groups is 1. The van der Waals surface area contributed by atoms with Crippen LogP contribution in [0.5, 0.6) is 0 Å². The molecule has 2 N–H and O–H groups in total. The Morgan fingerprint density at radius 3 is 2.38 bits per heavy atom. The molecule has 0 radical (unpaired) electrons. The lowest BCUT2D eigenvalue weighted by atomic mass is 11.2. The van der Waals surface area contributed by atoms with E-state index in [9.17, 15) is 0 Å². The van der Waals surface area contributed by atoms with Gasteiger partial charge in [0.25, 0.3) is 0 Å². The Morgan fingerprint density at radius 1 is 1.75 bits per heavy atom. The fourth-order valence-electron chi connectivity index (χ4n) is 0.266. The Balaban J connectivity index is 3.29. The highest BCUT2D eigenvalue weighted by atomic mass is 32.2. The predicted molar refractivity (Wildman–Crippen MR) is 38.8 cm³/mol. The molecular formula is C4H14N2OS. The summed E-state index contributed by atoms with van der Waals surface area (Å²) in [4.78, 5) is 0. The molecule has 1 unspecified atom stereocenters. The average molecular weight is 138 g/mol. The number of nitrogens with one attached hydrogen (secondary N) is 1. The molecule has 0 bridgehead atoms. The van der Waals surface area contributed by atoms with Crippen molar-refractivity contribution in [2.24, 2.45) is 0 Å². The first-order valence-corrected chi connectivity index (χ1v) is 4.19. The molecule has 0 amide bonds. The lowest BCUT2D eigenvalue weighted by Gasteiger charge is -2.24. The molecule has 0 spiro atoms. The van der Waals surface area contributed by atoms with Crippen LogP contribution < -0.4 is 4.72 Å². The van der Waals surface area contributed by atoms with Gasteiger partial charge in [0.15, 0.2) is 0 Å². The van der Waals surface area contributed by atoms with Crippen LogP contribution in [0.2, 0.25) is 0 Å². The zero-order chi connectivity index (χ0) is 6.57. The predicted octanol–water partition coefficient (Wildman–Crippen LogP) is -0.452. The third-order valence-corrected chi connectivity index (χ3v) is 2.84. The third-order valence-electron chi connectivity index (χ3n) is 1.04. The van der Waals surface area contributed by atoms with Crippen LogP contribution in [0.3, 0.4) is 0 Å². The maximum absolute atomic E-state index is 8.54. The molecule has 0 fully saturated rings. The molecule has 0 heterocycles. The zero-order valence-electron chi connectivity index (χ0n) is 5.55. The van der Waals surface area contributed by atoms with Gasteiger partial charge < -0.3 is 5.11 Å². The minimum Gasteiger partial charge on any atom is -0.380 e. The van der Waals surface area contributed by atoms with Crippen molar-refractivity contribution < 1.29 is 5.11 Å². The average Bonchev–Trinajstić information content (AvgIpc) is 1.84. The summed E-state index contributed by atoms with van der Waals surface area (Å²) in [5, 5.41) is 8.54. The number of nitrogens with zero attached hydrogens (tertiary/aromatic N) is 1. The summed E-state index contributed by atoms with van der Waals surface area (Å²) >= 11 is -0.306. The van der Waals surface area contributed by atoms with Gasteiger partial charge in [0.05, 0.1) is 0 Å². The van der Waals surface area contributed by atoms with E-state index in [0.29, 0.717) is 0 Å². The molecule has 0 rings (SSSR count). The maximum Gasteiger partial charge on any atom is 0.104 e. The third kappa shape index (κ3) is 2.52. The summed E-state index contributed by atoms with van der Waals surface area (Å²) < 4.78 is 4.90. The molecule has 0 saturated heterocycles. The smallest absolute Gasteiger partial charge is 0.104 e. The minimum atomic E-state index is -0.306. The van der Waals surface area contributed by atoms with E-state index in [-0.39, 0.29) is 18.0 Å². The van der Waals surface area contributed by atoms with Crippen molar-refractivity contribution in [3.05, 3.63) is 0 Å². The Labute approximate surface area is 53.3 Å². The first-order valence-electron chi connectivity index (χ1n) is 2.45. The van der Waals surface area contributed by atoms with Crippen molar-refractivity contribution in [1.82, 2.24) is 9.03 Å². The summed E-state index contributed by atoms with van der Waals surface area (Å²) in [6.07, 6.45) is 2.05. The molecule has 0 aliphatic rings. The molecule has 0 aromatic carbocycles. The second-order valence-electron chi connectivity index (χ2n) is 1.55. The van der Waals surface area contributed by atoms with E-state index in [2.05, 4.69) is 4.72 Å². The molecule has 0 aromatic heterocycles. The van der Waals surface area contributed by atoms with Gasteiger partial charge in [-0.3, -0.25) is 4.72 Å². The van der Waals surface area contributed by atoms with Crippen LogP contribution >= 0.6 is 11.3 Å². The molecule has 0 aliphatic heterocycles. The number of hydrogen-bond acceptors (Lipinski definition) is 3. The van der Waals surface area contributed by atoms with Gasteiger partial charge in [0.2, 0.25) is 0 Å². The van der Waals surface area contributed by atoms with Crippen molar-refractivity contribution in [3.63, 3.8) is 0 Å². The van der Waals surface area contributed by atoms with Gasteiger partial charge in [0.1, 0.15) is 6.73 Å². The van der Waals surface area contributed by atoms with E-state index in [1.807, 2.05) is 24.7 Å². The Hall–Kier alpha value is 0.230. The molecule has 52 valence electrons. The molecule has 0 saturated carbocycles. The van der Waals surface area contributed by atoms with E-state index in [1.165, 1.54) is 0 Å². The van der Waals surface area contributed by atoms with Crippen molar-refractivity contribution in [3.8, 4) is 0 Å². The quantitative estimate of drug-likeness (QED) is 0.365. The second kappa shape index (κ2) is 4.14. The summed E-state index contributed by atoms with van der Waals surface area (Å²) in [5.41, 5.74) is 0. The normalized spacial score (nSPS) is 16.9. The van der Waals surface area contributed by atoms with Crippen LogP contribution in [0.15, 0.2) is 0 Å². The van der Waals surface area contributed by atoms with Crippen molar-refractivity contribution in [2.45, 2.75) is 0 Å². The van der Waals surface area contributed by atoms with Crippen molar-refractivity contribution >= 4 is 11.3 Å². The SMILES string of the molecule is CN[SH](C)N(C)CO. The summed E-state index contributed by atoms with van der Waals surface area (Å²) in [6.45, 7) is 0.128. The fourth-order valence-corrected chi connectivity index (χ4v) is 0.797. The molecule has 4 heteroatoms. The van der Waals surface area contributed by atoms with Gasteiger partial charge in [0, 0.05) is 0 Å². The zero-order valence-corrected chi connectivity index (χ0v) is 6.44. The molecule has 8 heavy (non-hydrogen) atoms. The lowest BCUT2D eigenvalue weighted by Crippen LogP contribution is -2.21. The van der Waals surface area contributed by atoms with Crippen LogP contribution in [0, 0.1) is 0 Å². The summed E-state index contributed by atoms with van der Waals surface area (Å²) in [7, 11) is 3.76. The first-order chi connectivity index (χ1) is 3.72. The Kier molecular flexibility index (Phi) is 4.26. The van der Waals surface area contributed by atoms with Crippen LogP contribution in [0.25, 0.3) is 0 Å². The van der Waals surface area contributed by atoms with E-state index in [4.69, 9.17) is 5.11 Å². The van der Waals surface area contributed by atoms with E-state index in [0.717, 1.165) is 0 Å². The molecule has 0 aromatic rings. The highest BCUT2D eigenvalue weighted by Gasteiger charge is 1.96. The largest absolute Gasteiger partial charge is 0.380 e. The van der Waals surface area contributed by atoms with Crippen LogP contribution in [-0.2, 0) is 0 Å². The van der Waals surface area contributed by atoms with E-state index in [1.54, 1.807) is 0 Å². The molecule has 3 nitrogen and oxygen atoms in total. The van der Waals surface area contributed by atoms with Crippen molar-refractivity contribution in [2.75, 3.05) is 27.1 Å². The summed E-state index contributed by atoms with van der Waals surface area (Å²) in [6, 6.07) is 0. The van der Waals surface area contributed by atoms with Gasteiger partial charge in [-0.15, -0.1) is 11.3 Å². The van der Waals surface area contributed by atoms with Gasteiger partial charge in [-0.2, -0.15) is 0 Å². The Bertz CT molecular complexity index is 54.0. The van der Waals surface area contributed by atoms with Crippen LogP contribution in [0.4, 0.5) is 0 Å². The van der Waals surface area contributed by atoms with E-state index < -0.39 is 0 Å². The van der Waals surface area contributed by atoms with Crippen LogP contribution in [0.1, 0.15) is 0 Å². The second-order valence-corrected chi connectivity index (χ2v) is 3.72. The maximum atomic E-state index is 8.54. The highest BCUT2D eigenvalue weighted by molar-refractivity contribution is 8.12. The van der Waals surface area contributed by atoms with E-state index >= 15 is 0 Å². The minimum absolute atomic E-state index is 0.128. The number of aliphatic hydroxyl groups excluding tert-OH is 1. The number of hydrogen-bond donors (Lipinski definition) is 3. The molecular weight excluding hydrogens is 124 g/mol. The lowest BCUT2D eigenvalue weighted by molar-refractivity contribution is 0.208.